The maximum absolute atomic E-state index is 12.6. The van der Waals surface area contributed by atoms with Crippen molar-refractivity contribution in [3.05, 3.63) is 18.3 Å². The van der Waals surface area contributed by atoms with Gasteiger partial charge in [0.2, 0.25) is 0 Å². The summed E-state index contributed by atoms with van der Waals surface area (Å²) in [5, 5.41) is 2.69. The second-order valence-corrected chi connectivity index (χ2v) is 7.18. The van der Waals surface area contributed by atoms with Crippen LogP contribution in [-0.2, 0) is 9.53 Å². The van der Waals surface area contributed by atoms with E-state index in [1.54, 1.807) is 37.1 Å². The van der Waals surface area contributed by atoms with Gasteiger partial charge in [0.15, 0.2) is 17.2 Å². The number of nitrogens with one attached hydrogen (secondary N) is 1. The highest BCUT2D eigenvalue weighted by molar-refractivity contribution is 6.01. The second-order valence-electron chi connectivity index (χ2n) is 7.18. The first-order valence-electron chi connectivity index (χ1n) is 8.03. The Morgan fingerprint density at radius 2 is 2.12 bits per heavy atom. The third-order valence-electron chi connectivity index (χ3n) is 3.36. The van der Waals surface area contributed by atoms with Crippen molar-refractivity contribution in [2.24, 2.45) is 0 Å². The third-order valence-corrected chi connectivity index (χ3v) is 3.36. The number of hydrogen-bond acceptors (Lipinski definition) is 5. The van der Waals surface area contributed by atoms with E-state index in [-0.39, 0.29) is 5.91 Å². The molecule has 0 unspecified atom stereocenters. The summed E-state index contributed by atoms with van der Waals surface area (Å²) in [5.74, 6) is 0.951. The van der Waals surface area contributed by atoms with Gasteiger partial charge in [-0.05, 0) is 53.2 Å². The molecule has 1 aliphatic heterocycles. The van der Waals surface area contributed by atoms with Crippen molar-refractivity contribution in [2.45, 2.75) is 52.2 Å². The number of hydrogen-bond donors (Lipinski definition) is 1. The van der Waals surface area contributed by atoms with Crippen LogP contribution in [0.2, 0.25) is 0 Å². The molecule has 1 aromatic rings. The molecule has 0 saturated heterocycles. The first-order valence-corrected chi connectivity index (χ1v) is 8.03. The lowest BCUT2D eigenvalue weighted by atomic mass is 10.1. The first-order chi connectivity index (χ1) is 11.1. The highest BCUT2D eigenvalue weighted by Crippen LogP contribution is 2.35. The predicted octanol–water partition coefficient (Wildman–Crippen LogP) is 2.50. The van der Waals surface area contributed by atoms with Crippen LogP contribution < -0.4 is 15.0 Å². The summed E-state index contributed by atoms with van der Waals surface area (Å²) in [4.78, 5) is 30.1. The van der Waals surface area contributed by atoms with Crippen molar-refractivity contribution in [2.75, 3.05) is 18.0 Å². The predicted molar refractivity (Wildman–Crippen MR) is 90.2 cm³/mol. The average Bonchev–Trinajstić information content (AvgIpc) is 2.44. The second kappa shape index (κ2) is 6.67. The van der Waals surface area contributed by atoms with Gasteiger partial charge in [-0.15, -0.1) is 0 Å². The van der Waals surface area contributed by atoms with Crippen molar-refractivity contribution in [3.8, 4) is 5.75 Å². The van der Waals surface area contributed by atoms with Gasteiger partial charge in [-0.1, -0.05) is 0 Å². The van der Waals surface area contributed by atoms with Gasteiger partial charge in [-0.2, -0.15) is 0 Å². The van der Waals surface area contributed by atoms with E-state index in [0.29, 0.717) is 31.1 Å². The largest absolute Gasteiger partial charge is 0.474 e. The maximum atomic E-state index is 12.6. The van der Waals surface area contributed by atoms with Crippen LogP contribution in [-0.4, -0.2) is 41.3 Å². The smallest absolute Gasteiger partial charge is 0.407 e. The molecule has 7 nitrogen and oxygen atoms in total. The summed E-state index contributed by atoms with van der Waals surface area (Å²) in [6, 6.07) is 3.56. The minimum atomic E-state index is -0.936. The Labute approximate surface area is 142 Å². The fourth-order valence-corrected chi connectivity index (χ4v) is 2.35. The lowest BCUT2D eigenvalue weighted by molar-refractivity contribution is -0.132. The van der Waals surface area contributed by atoms with E-state index < -0.39 is 17.3 Å². The molecule has 1 aromatic heterocycles. The van der Waals surface area contributed by atoms with Crippen LogP contribution in [0.25, 0.3) is 0 Å². The summed E-state index contributed by atoms with van der Waals surface area (Å²) in [6.07, 6.45) is 1.74. The molecule has 7 heteroatoms. The Kier molecular flexibility index (Phi) is 5.01. The number of carbonyl (C=O) groups excluding carboxylic acids is 2. The zero-order valence-electron chi connectivity index (χ0n) is 14.9. The quantitative estimate of drug-likeness (QED) is 0.855. The van der Waals surface area contributed by atoms with E-state index in [1.807, 2.05) is 20.8 Å². The van der Waals surface area contributed by atoms with E-state index >= 15 is 0 Å². The lowest BCUT2D eigenvalue weighted by Gasteiger charge is -2.37. The van der Waals surface area contributed by atoms with Crippen LogP contribution in [0.3, 0.4) is 0 Å². The van der Waals surface area contributed by atoms with E-state index in [0.717, 1.165) is 0 Å². The van der Waals surface area contributed by atoms with Crippen molar-refractivity contribution in [3.63, 3.8) is 0 Å². The van der Waals surface area contributed by atoms with Gasteiger partial charge in [0.05, 0.1) is 0 Å². The van der Waals surface area contributed by atoms with Crippen LogP contribution in [0.4, 0.5) is 10.6 Å². The van der Waals surface area contributed by atoms with Gasteiger partial charge in [-0.3, -0.25) is 9.69 Å². The maximum Gasteiger partial charge on any atom is 0.407 e. The first kappa shape index (κ1) is 18.0. The van der Waals surface area contributed by atoms with Crippen molar-refractivity contribution < 1.29 is 19.1 Å². The number of fused-ring (bicyclic) bond motifs is 1. The number of pyridine rings is 1. The molecular weight excluding hydrogens is 310 g/mol. The van der Waals surface area contributed by atoms with Gasteiger partial charge in [-0.25, -0.2) is 9.78 Å². The molecule has 0 bridgehead atoms. The van der Waals surface area contributed by atoms with Gasteiger partial charge in [0.1, 0.15) is 5.60 Å². The fraction of sp³-hybridized carbons (Fsp3) is 0.588. The summed E-state index contributed by atoms with van der Waals surface area (Å²) < 4.78 is 10.9. The third kappa shape index (κ3) is 4.37. The standard InChI is InChI=1S/C17H25N3O4/c1-16(2,3)24-15(22)19-10-7-11-20-13-12(8-6-9-18-13)23-17(4,5)14(20)21/h6,8-9H,7,10-11H2,1-5H3,(H,19,22). The Morgan fingerprint density at radius 1 is 1.42 bits per heavy atom. The molecule has 2 rings (SSSR count). The number of amides is 2. The van der Waals surface area contributed by atoms with Gasteiger partial charge < -0.3 is 14.8 Å². The number of anilines is 1. The van der Waals surface area contributed by atoms with Crippen LogP contribution in [0.15, 0.2) is 18.3 Å². The Balaban J connectivity index is 1.94. The zero-order valence-corrected chi connectivity index (χ0v) is 14.9. The topological polar surface area (TPSA) is 80.8 Å². The number of ether oxygens (including phenoxy) is 2. The highest BCUT2D eigenvalue weighted by Gasteiger charge is 2.41. The number of nitrogens with zero attached hydrogens (tertiary/aromatic N) is 2. The molecule has 0 radical (unpaired) electrons. The molecule has 2 amide bonds. The number of aromatic nitrogens is 1. The lowest BCUT2D eigenvalue weighted by Crippen LogP contribution is -2.53. The molecule has 0 fully saturated rings. The normalized spacial score (nSPS) is 16.2. The van der Waals surface area contributed by atoms with Gasteiger partial charge >= 0.3 is 6.09 Å². The number of rotatable bonds is 4. The molecule has 24 heavy (non-hydrogen) atoms. The van der Waals surface area contributed by atoms with Crippen molar-refractivity contribution in [1.82, 2.24) is 10.3 Å². The van der Waals surface area contributed by atoms with E-state index in [4.69, 9.17) is 9.47 Å². The number of carbonyl (C=O) groups is 2. The SMILES string of the molecule is CC(C)(C)OC(=O)NCCCN1C(=O)C(C)(C)Oc2cccnc21. The molecule has 132 valence electrons. The van der Waals surface area contributed by atoms with Crippen LogP contribution >= 0.6 is 0 Å². The molecule has 1 aliphatic rings. The average molecular weight is 335 g/mol. The Bertz CT molecular complexity index is 623. The molecule has 0 aromatic carbocycles. The minimum absolute atomic E-state index is 0.147. The van der Waals surface area contributed by atoms with E-state index in [1.165, 1.54) is 0 Å². The van der Waals surface area contributed by atoms with Crippen molar-refractivity contribution >= 4 is 17.8 Å². The highest BCUT2D eigenvalue weighted by atomic mass is 16.6. The monoisotopic (exact) mass is 335 g/mol. The molecule has 1 N–H and O–H groups in total. The number of alkyl carbamates (subject to hydrolysis) is 1. The summed E-state index contributed by atoms with van der Waals surface area (Å²) in [7, 11) is 0. The summed E-state index contributed by atoms with van der Waals surface area (Å²) in [5.41, 5.74) is -1.47. The summed E-state index contributed by atoms with van der Waals surface area (Å²) in [6.45, 7) is 9.74. The van der Waals surface area contributed by atoms with E-state index in [2.05, 4.69) is 10.3 Å². The van der Waals surface area contributed by atoms with Crippen LogP contribution in [0.1, 0.15) is 41.0 Å². The Morgan fingerprint density at radius 3 is 2.79 bits per heavy atom. The van der Waals surface area contributed by atoms with E-state index in [9.17, 15) is 9.59 Å². The minimum Gasteiger partial charge on any atom is -0.474 e. The molecule has 2 heterocycles. The van der Waals surface area contributed by atoms with Crippen molar-refractivity contribution in [1.29, 1.82) is 0 Å². The summed E-state index contributed by atoms with van der Waals surface area (Å²) >= 11 is 0. The molecular formula is C17H25N3O4. The molecule has 0 spiro atoms. The van der Waals surface area contributed by atoms with Crippen LogP contribution in [0, 0.1) is 0 Å². The Hall–Kier alpha value is -2.31. The van der Waals surface area contributed by atoms with Gasteiger partial charge in [0, 0.05) is 19.3 Å². The fourth-order valence-electron chi connectivity index (χ4n) is 2.35. The molecule has 0 atom stereocenters. The van der Waals surface area contributed by atoms with Gasteiger partial charge in [0.25, 0.3) is 5.91 Å². The molecule has 0 saturated carbocycles. The zero-order chi connectivity index (χ0) is 18.0. The molecule has 0 aliphatic carbocycles. The van der Waals surface area contributed by atoms with Crippen LogP contribution in [0.5, 0.6) is 5.75 Å².